The third-order valence-electron chi connectivity index (χ3n) is 15.6. The van der Waals surface area contributed by atoms with Crippen molar-refractivity contribution in [1.29, 1.82) is 0 Å². The minimum atomic E-state index is -3.35. The summed E-state index contributed by atoms with van der Waals surface area (Å²) in [7, 11) is 1.19. The highest BCUT2D eigenvalue weighted by atomic mass is 31.2. The molecule has 4 rings (SSSR count). The van der Waals surface area contributed by atoms with Crippen LogP contribution in [-0.4, -0.2) is 140 Å². The van der Waals surface area contributed by atoms with Crippen LogP contribution in [0.25, 0.3) is 0 Å². The van der Waals surface area contributed by atoms with Gasteiger partial charge in [-0.3, -0.25) is 23.7 Å². The summed E-state index contributed by atoms with van der Waals surface area (Å²) in [6.45, 7) is 16.5. The SMILES string of the molecule is CCCCOP(C)(=O)O[C@@H]1CC[C@@H](C[C@@H](C)C2CC(=O)[C@H](C)/C=C(\C)[C@@H](O)[C@@H](OC)C(=O)[C@H](C)C[C@H](C)/C=C/C=C/C=C(\C)[C@@H](OC)C[C@@H]3CC[C@@H](C)[C@@](O)(O3)C(=O)C(=O)N3CCCC[C@H]3C(=O)O2)C[C@H]1OC. The number of amides is 1. The monoisotopic (exact) mass is 1050 g/mol. The number of rotatable bonds is 12. The molecule has 2 unspecified atom stereocenters. The second kappa shape index (κ2) is 29.4. The third-order valence-corrected chi connectivity index (χ3v) is 16.9. The Bertz CT molecular complexity index is 2020. The van der Waals surface area contributed by atoms with Gasteiger partial charge in [0.15, 0.2) is 5.78 Å². The van der Waals surface area contributed by atoms with Gasteiger partial charge in [-0.25, -0.2) is 4.79 Å². The molecule has 2 saturated heterocycles. The maximum absolute atomic E-state index is 14.6. The highest BCUT2D eigenvalue weighted by Gasteiger charge is 2.53. The van der Waals surface area contributed by atoms with Crippen molar-refractivity contribution in [2.75, 3.05) is 41.1 Å². The number of nitrogens with zero attached hydrogens (tertiary/aromatic N) is 1. The predicted molar refractivity (Wildman–Crippen MR) is 278 cm³/mol. The molecule has 0 radical (unpaired) electrons. The molecule has 16 nitrogen and oxygen atoms in total. The van der Waals surface area contributed by atoms with Crippen LogP contribution in [0.1, 0.15) is 145 Å². The topological polar surface area (TPSA) is 211 Å². The number of carbonyl (C=O) groups excluding carboxylic acids is 5. The Labute approximate surface area is 435 Å². The van der Waals surface area contributed by atoms with Gasteiger partial charge in [-0.2, -0.15) is 0 Å². The number of carbonyl (C=O) groups is 5. The summed E-state index contributed by atoms with van der Waals surface area (Å²) in [5.41, 5.74) is 1.25. The Morgan fingerprint density at radius 3 is 2.27 bits per heavy atom. The number of unbranched alkanes of at least 4 members (excludes halogenated alkanes) is 1. The zero-order valence-corrected chi connectivity index (χ0v) is 46.9. The van der Waals surface area contributed by atoms with E-state index in [0.29, 0.717) is 76.4 Å². The number of Topliss-reactive ketones (excluding diaryl/α,β-unsaturated/α-hetero) is 3. The molecule has 73 heavy (non-hydrogen) atoms. The lowest BCUT2D eigenvalue weighted by molar-refractivity contribution is -0.265. The molecule has 0 aromatic carbocycles. The van der Waals surface area contributed by atoms with Gasteiger partial charge in [0.2, 0.25) is 5.79 Å². The van der Waals surface area contributed by atoms with Crippen LogP contribution in [0.5, 0.6) is 0 Å². The summed E-state index contributed by atoms with van der Waals surface area (Å²) in [4.78, 5) is 72.5. The number of esters is 1. The summed E-state index contributed by atoms with van der Waals surface area (Å²) in [6.07, 6.45) is 12.5. The standard InChI is InChI=1S/C56H90NO15P/c1-13-14-28-69-73(12,65)72-46-26-24-42(32-49(46)67-10)31-38(5)48-34-45(58)37(4)30-40(7)51(60)52(68-11)50(59)39(6)29-35(2)20-16-15-17-21-36(3)47(66-9)33-43-25-23-41(8)56(64,71-43)53(61)54(62)57-27-19-18-22-44(57)55(63)70-48/h15-17,20-21,30,35,37-39,41-44,46-49,51-52,60,64H,13-14,18-19,22-29,31-34H2,1-12H3/b17-15+,20-16+,36-21+,40-30+/t35-,37-,38-,39-,41-,42+,43+,44+,46-,47+,48?,49-,51-,52+,56-,73?/m1/s1. The van der Waals surface area contributed by atoms with Crippen molar-refractivity contribution in [1.82, 2.24) is 4.90 Å². The van der Waals surface area contributed by atoms with Crippen LogP contribution in [0.4, 0.5) is 0 Å². The van der Waals surface area contributed by atoms with Crippen LogP contribution in [-0.2, 0) is 61.3 Å². The molecular formula is C56H90NO15P. The van der Waals surface area contributed by atoms with Gasteiger partial charge >= 0.3 is 13.6 Å². The molecule has 1 saturated carbocycles. The molecule has 414 valence electrons. The summed E-state index contributed by atoms with van der Waals surface area (Å²) >= 11 is 0. The quantitative estimate of drug-likeness (QED) is 0.0615. The summed E-state index contributed by atoms with van der Waals surface area (Å²) in [6, 6.07) is -1.17. The minimum absolute atomic E-state index is 0.00627. The molecule has 0 aromatic rings. The van der Waals surface area contributed by atoms with Gasteiger partial charge in [0, 0.05) is 65.1 Å². The smallest absolute Gasteiger partial charge is 0.329 e. The van der Waals surface area contributed by atoms with E-state index in [0.717, 1.165) is 18.4 Å². The van der Waals surface area contributed by atoms with Crippen LogP contribution in [0.2, 0.25) is 0 Å². The van der Waals surface area contributed by atoms with Gasteiger partial charge in [-0.15, -0.1) is 0 Å². The number of ether oxygens (including phenoxy) is 5. The number of allylic oxidation sites excluding steroid dienone is 6. The Morgan fingerprint density at radius 2 is 1.60 bits per heavy atom. The maximum Gasteiger partial charge on any atom is 0.329 e. The molecule has 2 bridgehead atoms. The summed E-state index contributed by atoms with van der Waals surface area (Å²) < 4.78 is 54.7. The molecule has 17 heteroatoms. The largest absolute Gasteiger partial charge is 0.460 e. The van der Waals surface area contributed by atoms with Crippen molar-refractivity contribution in [3.63, 3.8) is 0 Å². The highest BCUT2D eigenvalue weighted by molar-refractivity contribution is 7.53. The number of cyclic esters (lactones) is 1. The number of ketones is 3. The van der Waals surface area contributed by atoms with Gasteiger partial charge in [-0.1, -0.05) is 84.4 Å². The zero-order valence-electron chi connectivity index (χ0n) is 46.0. The van der Waals surface area contributed by atoms with Crippen LogP contribution in [0, 0.1) is 35.5 Å². The molecule has 3 heterocycles. The van der Waals surface area contributed by atoms with Crippen molar-refractivity contribution in [2.45, 2.75) is 200 Å². The number of aliphatic hydroxyl groups excluding tert-OH is 1. The van der Waals surface area contributed by atoms with Gasteiger partial charge in [0.1, 0.15) is 30.1 Å². The van der Waals surface area contributed by atoms with E-state index in [9.17, 15) is 38.8 Å². The van der Waals surface area contributed by atoms with E-state index >= 15 is 0 Å². The van der Waals surface area contributed by atoms with E-state index in [1.807, 2.05) is 65.0 Å². The molecule has 1 amide bonds. The number of hydrogen-bond acceptors (Lipinski definition) is 15. The van der Waals surface area contributed by atoms with E-state index in [1.165, 1.54) is 18.7 Å². The highest BCUT2D eigenvalue weighted by Crippen LogP contribution is 2.49. The number of piperidine rings is 1. The van der Waals surface area contributed by atoms with Crippen molar-refractivity contribution >= 4 is 36.8 Å². The lowest BCUT2D eigenvalue weighted by Crippen LogP contribution is -2.61. The Hall–Kier alpha value is -3.18. The molecule has 0 aromatic heterocycles. The average molecular weight is 1050 g/mol. The summed E-state index contributed by atoms with van der Waals surface area (Å²) in [5, 5.41) is 23.5. The first-order chi connectivity index (χ1) is 34.5. The molecule has 1 aliphatic carbocycles. The molecule has 3 aliphatic heterocycles. The predicted octanol–water partition coefficient (Wildman–Crippen LogP) is 8.84. The third kappa shape index (κ3) is 17.7. The molecule has 4 aliphatic rings. The Morgan fingerprint density at radius 1 is 0.877 bits per heavy atom. The van der Waals surface area contributed by atoms with Crippen molar-refractivity contribution < 1.29 is 71.5 Å². The molecule has 3 fully saturated rings. The van der Waals surface area contributed by atoms with Crippen LogP contribution in [0.3, 0.4) is 0 Å². The zero-order chi connectivity index (χ0) is 54.2. The van der Waals surface area contributed by atoms with E-state index in [4.69, 9.17) is 32.7 Å². The number of hydrogen-bond donors (Lipinski definition) is 2. The lowest BCUT2D eigenvalue weighted by Gasteiger charge is -2.42. The van der Waals surface area contributed by atoms with Crippen molar-refractivity contribution in [3.05, 3.63) is 47.6 Å². The van der Waals surface area contributed by atoms with Crippen LogP contribution >= 0.6 is 7.60 Å². The average Bonchev–Trinajstić information content (AvgIpc) is 3.35. The van der Waals surface area contributed by atoms with Crippen molar-refractivity contribution in [2.24, 2.45) is 35.5 Å². The molecule has 16 atom stereocenters. The Balaban J connectivity index is 1.68. The van der Waals surface area contributed by atoms with E-state index in [2.05, 4.69) is 0 Å². The second-order valence-corrected chi connectivity index (χ2v) is 23.6. The molecular weight excluding hydrogens is 958 g/mol. The fourth-order valence-corrected chi connectivity index (χ4v) is 12.1. The van der Waals surface area contributed by atoms with E-state index in [-0.39, 0.29) is 42.8 Å². The lowest BCUT2D eigenvalue weighted by atomic mass is 9.78. The normalized spacial score (nSPS) is 38.2. The summed E-state index contributed by atoms with van der Waals surface area (Å²) in [5.74, 6) is -8.25. The Kier molecular flexibility index (Phi) is 25.1. The molecule has 0 spiro atoms. The van der Waals surface area contributed by atoms with Crippen LogP contribution in [0.15, 0.2) is 47.6 Å². The first kappa shape index (κ1) is 62.4. The molecule has 2 N–H and O–H groups in total. The van der Waals surface area contributed by atoms with Gasteiger partial charge in [0.05, 0.1) is 31.0 Å². The maximum atomic E-state index is 14.6. The van der Waals surface area contributed by atoms with Gasteiger partial charge in [-0.05, 0) is 113 Å². The van der Waals surface area contributed by atoms with E-state index in [1.54, 1.807) is 41.1 Å². The van der Waals surface area contributed by atoms with Crippen LogP contribution < -0.4 is 0 Å². The first-order valence-corrected chi connectivity index (χ1v) is 28.9. The fraction of sp³-hybridized carbons (Fsp3) is 0.768. The van der Waals surface area contributed by atoms with Crippen molar-refractivity contribution in [3.8, 4) is 0 Å². The van der Waals surface area contributed by atoms with E-state index < -0.39 is 103 Å². The number of fused-ring (bicyclic) bond motifs is 3. The van der Waals surface area contributed by atoms with Gasteiger partial charge in [0.25, 0.3) is 11.7 Å². The number of aliphatic hydroxyl groups is 2. The minimum Gasteiger partial charge on any atom is -0.460 e. The number of methoxy groups -OCH3 is 3. The second-order valence-electron chi connectivity index (χ2n) is 21.6. The first-order valence-electron chi connectivity index (χ1n) is 26.9. The van der Waals surface area contributed by atoms with Gasteiger partial charge < -0.3 is 47.8 Å². The fourth-order valence-electron chi connectivity index (χ4n) is 10.9.